The van der Waals surface area contributed by atoms with Crippen molar-refractivity contribution in [2.45, 2.75) is 179 Å². The first kappa shape index (κ1) is 39.4. The van der Waals surface area contributed by atoms with Crippen molar-refractivity contribution in [2.75, 3.05) is 7.11 Å². The average Bonchev–Trinajstić information content (AvgIpc) is 3.34. The van der Waals surface area contributed by atoms with Gasteiger partial charge in [-0.1, -0.05) is 20.8 Å². The number of methoxy groups -OCH3 is 1. The maximum Gasteiger partial charge on any atom is 0.311 e. The zero-order valence-corrected chi connectivity index (χ0v) is 30.5. The van der Waals surface area contributed by atoms with Crippen molar-refractivity contribution in [1.29, 1.82) is 0 Å². The van der Waals surface area contributed by atoms with Crippen LogP contribution in [-0.2, 0) is 38.0 Å². The Bertz CT molecular complexity index is 1170. The molecule has 4 rings (SSSR count). The second kappa shape index (κ2) is 14.7. The Balaban J connectivity index is 1.82. The van der Waals surface area contributed by atoms with Gasteiger partial charge < -0.3 is 59.3 Å². The van der Waals surface area contributed by atoms with E-state index in [-0.39, 0.29) is 18.9 Å². The number of carbonyl (C=O) groups is 1. The second-order valence-electron chi connectivity index (χ2n) is 15.5. The quantitative estimate of drug-likeness (QED) is 0.234. The van der Waals surface area contributed by atoms with E-state index < -0.39 is 102 Å². The van der Waals surface area contributed by atoms with Crippen molar-refractivity contribution in [1.82, 2.24) is 0 Å². The number of hydrogen-bond donors (Lipinski definition) is 5. The lowest BCUT2D eigenvalue weighted by molar-refractivity contribution is -0.313. The maximum absolute atomic E-state index is 14.2. The molecule has 0 aliphatic carbocycles. The van der Waals surface area contributed by atoms with Crippen LogP contribution in [0, 0.1) is 17.8 Å². The van der Waals surface area contributed by atoms with Crippen LogP contribution in [0.4, 0.5) is 0 Å². The van der Waals surface area contributed by atoms with Crippen LogP contribution < -0.4 is 5.73 Å². The number of esters is 1. The number of nitrogens with two attached hydrogens (primary N) is 1. The van der Waals surface area contributed by atoms with E-state index in [4.69, 9.17) is 38.9 Å². The fourth-order valence-corrected chi connectivity index (χ4v) is 8.27. The predicted octanol–water partition coefficient (Wildman–Crippen LogP) is 2.29. The van der Waals surface area contributed by atoms with E-state index in [1.54, 1.807) is 34.6 Å². The standard InChI is InChI=1S/C35H61NO12/c1-12-23(37)35(10,41)30-18(4)26-16(2)14-34(9,48-26)29(47-32-25(38)22(36)13-17(3)43-32)19(5)27(20(6)31(40)46-30)45-24-15-33(8,42-11)28(39)21(7)44-24/h17-25,27-30,32,37-39,41H,12-15,36H2,1-11H3/t17-,18+,19+,20-,21+,22+,23+,24+,25-,27+,28+,29-,30-,32+,33-,34-,35-/m1/s1. The molecule has 0 unspecified atom stereocenters. The molecule has 0 saturated carbocycles. The van der Waals surface area contributed by atoms with Crippen molar-refractivity contribution in [2.24, 2.45) is 23.5 Å². The third-order valence-electron chi connectivity index (χ3n) is 11.3. The number of aliphatic hydroxyl groups is 4. The van der Waals surface area contributed by atoms with Crippen LogP contribution in [0.1, 0.15) is 94.9 Å². The number of rotatable bonds is 8. The summed E-state index contributed by atoms with van der Waals surface area (Å²) >= 11 is 0. The number of carbonyl (C=O) groups excluding carboxylic acids is 1. The van der Waals surface area contributed by atoms with E-state index in [0.29, 0.717) is 18.6 Å². The molecule has 4 aliphatic rings. The van der Waals surface area contributed by atoms with Gasteiger partial charge in [-0.15, -0.1) is 0 Å². The van der Waals surface area contributed by atoms with E-state index in [9.17, 15) is 25.2 Å². The molecule has 278 valence electrons. The van der Waals surface area contributed by atoms with Gasteiger partial charge in [0.2, 0.25) is 0 Å². The molecule has 2 bridgehead atoms. The first-order chi connectivity index (χ1) is 22.2. The third kappa shape index (κ3) is 7.46. The summed E-state index contributed by atoms with van der Waals surface area (Å²) in [4.78, 5) is 14.2. The highest BCUT2D eigenvalue weighted by molar-refractivity contribution is 5.73. The molecule has 17 atom stereocenters. The van der Waals surface area contributed by atoms with Gasteiger partial charge in [0.05, 0.1) is 41.9 Å². The number of fused-ring (bicyclic) bond motifs is 2. The largest absolute Gasteiger partial charge is 0.488 e. The second-order valence-corrected chi connectivity index (χ2v) is 15.5. The summed E-state index contributed by atoms with van der Waals surface area (Å²) in [7, 11) is 1.52. The van der Waals surface area contributed by atoms with Gasteiger partial charge in [0, 0.05) is 31.9 Å². The summed E-state index contributed by atoms with van der Waals surface area (Å²) < 4.78 is 44.3. The fourth-order valence-electron chi connectivity index (χ4n) is 8.27. The molecule has 0 spiro atoms. The first-order valence-corrected chi connectivity index (χ1v) is 17.5. The van der Waals surface area contributed by atoms with Gasteiger partial charge in [0.15, 0.2) is 12.6 Å². The molecular formula is C35H61NO12. The van der Waals surface area contributed by atoms with Gasteiger partial charge in [-0.25, -0.2) is 0 Å². The van der Waals surface area contributed by atoms with Crippen molar-refractivity contribution < 1.29 is 58.4 Å². The lowest BCUT2D eigenvalue weighted by Crippen LogP contribution is -2.60. The Morgan fingerprint density at radius 2 is 1.73 bits per heavy atom. The average molecular weight is 688 g/mol. The minimum atomic E-state index is -1.82. The van der Waals surface area contributed by atoms with Crippen LogP contribution >= 0.6 is 0 Å². The maximum atomic E-state index is 14.2. The van der Waals surface area contributed by atoms with E-state index >= 15 is 0 Å². The molecule has 0 amide bonds. The molecule has 0 aromatic rings. The highest BCUT2D eigenvalue weighted by Crippen LogP contribution is 2.48. The van der Waals surface area contributed by atoms with Gasteiger partial charge in [0.25, 0.3) is 0 Å². The van der Waals surface area contributed by atoms with Gasteiger partial charge in [-0.2, -0.15) is 0 Å². The van der Waals surface area contributed by atoms with Gasteiger partial charge in [0.1, 0.15) is 41.4 Å². The number of aliphatic hydroxyl groups excluding tert-OH is 3. The van der Waals surface area contributed by atoms with Crippen molar-refractivity contribution in [3.8, 4) is 0 Å². The molecule has 13 heteroatoms. The van der Waals surface area contributed by atoms with Gasteiger partial charge in [-0.3, -0.25) is 4.79 Å². The van der Waals surface area contributed by atoms with Crippen molar-refractivity contribution in [3.63, 3.8) is 0 Å². The summed E-state index contributed by atoms with van der Waals surface area (Å²) in [5, 5.41) is 44.6. The molecule has 6 N–H and O–H groups in total. The molecule has 48 heavy (non-hydrogen) atoms. The third-order valence-corrected chi connectivity index (χ3v) is 11.3. The zero-order chi connectivity index (χ0) is 36.1. The van der Waals surface area contributed by atoms with Gasteiger partial charge >= 0.3 is 5.97 Å². The minimum absolute atomic E-state index is 0.165. The summed E-state index contributed by atoms with van der Waals surface area (Å²) in [5.41, 5.74) is 3.29. The molecule has 0 aromatic carbocycles. The van der Waals surface area contributed by atoms with Crippen LogP contribution in [0.25, 0.3) is 0 Å². The zero-order valence-electron chi connectivity index (χ0n) is 30.5. The SMILES string of the molecule is CC[C@H](O)[C@@](C)(O)[C@@H]1OC(=O)[C@H](C)[C@@H](O[C@H]2C[C@@](C)(OC)[C@@H](O)[C@H](C)O2)[C@H](C)[C@@H](O[C@@H]2O[C@H](C)C[C@H](N)[C@H]2O)[C@@]2(C)CC(C)=C(O2)[C@@H]1C. The molecule has 4 heterocycles. The van der Waals surface area contributed by atoms with E-state index in [2.05, 4.69) is 0 Å². The van der Waals surface area contributed by atoms with E-state index in [1.165, 1.54) is 14.0 Å². The summed E-state index contributed by atoms with van der Waals surface area (Å²) in [6.45, 7) is 17.8. The fraction of sp³-hybridized carbons (Fsp3) is 0.914. The molecule has 4 aliphatic heterocycles. The van der Waals surface area contributed by atoms with Crippen LogP contribution in [0.3, 0.4) is 0 Å². The summed E-state index contributed by atoms with van der Waals surface area (Å²) in [6.07, 6.45) is -7.80. The van der Waals surface area contributed by atoms with E-state index in [1.807, 2.05) is 27.7 Å². The van der Waals surface area contributed by atoms with Crippen LogP contribution in [0.5, 0.6) is 0 Å². The van der Waals surface area contributed by atoms with E-state index in [0.717, 1.165) is 5.57 Å². The first-order valence-electron chi connectivity index (χ1n) is 17.5. The Morgan fingerprint density at radius 3 is 2.33 bits per heavy atom. The predicted molar refractivity (Wildman–Crippen MR) is 174 cm³/mol. The normalized spacial score (nSPS) is 47.8. The molecule has 13 nitrogen and oxygen atoms in total. The number of hydrogen-bond acceptors (Lipinski definition) is 13. The lowest BCUT2D eigenvalue weighted by Gasteiger charge is -2.48. The number of cyclic esters (lactones) is 1. The Morgan fingerprint density at radius 1 is 1.08 bits per heavy atom. The smallest absolute Gasteiger partial charge is 0.311 e. The lowest BCUT2D eigenvalue weighted by atomic mass is 9.78. The van der Waals surface area contributed by atoms with Crippen molar-refractivity contribution >= 4 is 5.97 Å². The highest BCUT2D eigenvalue weighted by Gasteiger charge is 2.56. The molecule has 0 radical (unpaired) electrons. The molecule has 3 fully saturated rings. The summed E-state index contributed by atoms with van der Waals surface area (Å²) in [6, 6.07) is -0.575. The Labute approximate surface area is 285 Å². The van der Waals surface area contributed by atoms with Crippen LogP contribution in [0.2, 0.25) is 0 Å². The highest BCUT2D eigenvalue weighted by atomic mass is 16.7. The molecular weight excluding hydrogens is 626 g/mol. The monoisotopic (exact) mass is 687 g/mol. The molecule has 3 saturated heterocycles. The van der Waals surface area contributed by atoms with Crippen LogP contribution in [0.15, 0.2) is 11.3 Å². The van der Waals surface area contributed by atoms with Gasteiger partial charge in [-0.05, 0) is 66.9 Å². The Hall–Kier alpha value is -1.39. The Kier molecular flexibility index (Phi) is 12.1. The van der Waals surface area contributed by atoms with Crippen LogP contribution in [-0.4, -0.2) is 118 Å². The minimum Gasteiger partial charge on any atom is -0.488 e. The topological polar surface area (TPSA) is 189 Å². The summed E-state index contributed by atoms with van der Waals surface area (Å²) in [5.74, 6) is -2.33. The van der Waals surface area contributed by atoms with Crippen molar-refractivity contribution in [3.05, 3.63) is 11.3 Å². The number of ether oxygens (including phenoxy) is 7. The molecule has 0 aromatic heterocycles.